The first-order valence-electron chi connectivity index (χ1n) is 14.4. The van der Waals surface area contributed by atoms with Crippen molar-refractivity contribution >= 4 is 27.3 Å². The number of aromatic nitrogens is 2. The number of carbonyl (C=O) groups is 2. The number of hydrogen-bond donors (Lipinski definition) is 2. The summed E-state index contributed by atoms with van der Waals surface area (Å²) in [6, 6.07) is 7.65. The molecule has 2 bridgehead atoms. The first kappa shape index (κ1) is 29.2. The van der Waals surface area contributed by atoms with Gasteiger partial charge in [-0.05, 0) is 82.2 Å². The minimum Gasteiger partial charge on any atom is -0.491 e. The van der Waals surface area contributed by atoms with Gasteiger partial charge in [-0.25, -0.2) is 12.8 Å². The summed E-state index contributed by atoms with van der Waals surface area (Å²) in [7, 11) is -4.14. The lowest BCUT2D eigenvalue weighted by Gasteiger charge is -2.52. The van der Waals surface area contributed by atoms with Gasteiger partial charge in [0.2, 0.25) is 11.8 Å². The van der Waals surface area contributed by atoms with Crippen molar-refractivity contribution in [1.82, 2.24) is 15.5 Å². The Morgan fingerprint density at radius 1 is 1.16 bits per heavy atom. The highest BCUT2D eigenvalue weighted by Crippen LogP contribution is 2.53. The molecule has 2 heterocycles. The fourth-order valence-corrected chi connectivity index (χ4v) is 8.16. The monoisotopic (exact) mass is 611 g/mol. The molecule has 2 aromatic carbocycles. The van der Waals surface area contributed by atoms with Gasteiger partial charge in [0.1, 0.15) is 11.6 Å². The Morgan fingerprint density at radius 2 is 1.84 bits per heavy atom. The number of halogens is 1. The van der Waals surface area contributed by atoms with E-state index in [1.54, 1.807) is 24.3 Å². The van der Waals surface area contributed by atoms with E-state index in [1.165, 1.54) is 11.2 Å². The van der Waals surface area contributed by atoms with Crippen molar-refractivity contribution in [1.29, 1.82) is 0 Å². The summed E-state index contributed by atoms with van der Waals surface area (Å²) in [5.74, 6) is -1.72. The zero-order valence-electron chi connectivity index (χ0n) is 24.0. The largest absolute Gasteiger partial charge is 0.491 e. The second-order valence-corrected chi connectivity index (χ2v) is 14.2. The van der Waals surface area contributed by atoms with Crippen LogP contribution in [0.4, 0.5) is 10.1 Å². The van der Waals surface area contributed by atoms with Crippen LogP contribution in [0.15, 0.2) is 52.1 Å². The maximum Gasteiger partial charge on any atom is 0.254 e. The fraction of sp³-hybridized carbons (Fsp3) is 0.467. The summed E-state index contributed by atoms with van der Waals surface area (Å²) >= 11 is 0. The van der Waals surface area contributed by atoms with Gasteiger partial charge in [-0.15, -0.1) is 0 Å². The third kappa shape index (κ3) is 5.40. The van der Waals surface area contributed by atoms with Crippen molar-refractivity contribution in [3.8, 4) is 5.75 Å². The number of ether oxygens (including phenoxy) is 1. The van der Waals surface area contributed by atoms with Gasteiger partial charge in [0.25, 0.3) is 5.91 Å². The lowest BCUT2D eigenvalue weighted by Crippen LogP contribution is -2.58. The molecular formula is C30H34FN5O6S. The van der Waals surface area contributed by atoms with Crippen LogP contribution in [0, 0.1) is 5.82 Å². The minimum absolute atomic E-state index is 0.0257. The molecule has 228 valence electrons. The molecule has 2 amide bonds. The maximum absolute atomic E-state index is 15.5. The van der Waals surface area contributed by atoms with E-state index in [2.05, 4.69) is 15.5 Å². The Balaban J connectivity index is 1.30. The minimum atomic E-state index is -4.14. The van der Waals surface area contributed by atoms with E-state index < -0.39 is 44.8 Å². The number of anilines is 1. The molecule has 7 rings (SSSR count). The van der Waals surface area contributed by atoms with E-state index in [-0.39, 0.29) is 34.2 Å². The number of nitrogens with two attached hydrogens (primary N) is 1. The molecule has 3 aliphatic carbocycles. The number of carbonyl (C=O) groups excluding carboxylic acids is 2. The third-order valence-electron chi connectivity index (χ3n) is 8.98. The molecule has 13 heteroatoms. The zero-order chi connectivity index (χ0) is 30.6. The number of amides is 2. The van der Waals surface area contributed by atoms with Gasteiger partial charge in [-0.3, -0.25) is 9.59 Å². The maximum atomic E-state index is 15.5. The highest BCUT2D eigenvalue weighted by molar-refractivity contribution is 7.91. The molecule has 3 aromatic rings. The molecule has 0 unspecified atom stereocenters. The number of sulfone groups is 1. The summed E-state index contributed by atoms with van der Waals surface area (Å²) in [6.45, 7) is 3.77. The molecule has 0 radical (unpaired) electrons. The summed E-state index contributed by atoms with van der Waals surface area (Å²) in [4.78, 5) is 32.1. The first-order chi connectivity index (χ1) is 20.4. The quantitative estimate of drug-likeness (QED) is 0.408. The molecular weight excluding hydrogens is 577 g/mol. The van der Waals surface area contributed by atoms with Crippen molar-refractivity contribution < 1.29 is 31.7 Å². The fourth-order valence-electron chi connectivity index (χ4n) is 6.59. The second-order valence-electron chi connectivity index (χ2n) is 12.2. The summed E-state index contributed by atoms with van der Waals surface area (Å²) in [5.41, 5.74) is 5.52. The highest BCUT2D eigenvalue weighted by atomic mass is 32.2. The average molecular weight is 612 g/mol. The standard InChI is InChI=1S/C30H34FN5O6S/c1-18(2)41-20-5-3-19(4-6-20)15-36-24-13-21(22(31)14-25(24)43(39,40)16-23(32)27(36)38)26(37)35-30-10-7-29(8-11-30,9-12-30)28-33-17-34-42-28/h3-6,13-14,17-18,23H,7-12,15-16,32H2,1-2H3,(H,35,37)/t23-,29?,30?/m0/s1. The predicted octanol–water partition coefficient (Wildman–Crippen LogP) is 3.42. The van der Waals surface area contributed by atoms with Crippen LogP contribution in [0.5, 0.6) is 5.75 Å². The number of nitrogens with zero attached hydrogens (tertiary/aromatic N) is 3. The first-order valence-corrected chi connectivity index (χ1v) is 16.0. The Hall–Kier alpha value is -3.84. The third-order valence-corrected chi connectivity index (χ3v) is 10.8. The molecule has 3 fully saturated rings. The van der Waals surface area contributed by atoms with Crippen LogP contribution in [0.3, 0.4) is 0 Å². The molecule has 0 spiro atoms. The van der Waals surface area contributed by atoms with Gasteiger partial charge in [0.05, 0.1) is 40.6 Å². The van der Waals surface area contributed by atoms with Crippen LogP contribution in [-0.4, -0.2) is 53.8 Å². The Bertz CT molecular complexity index is 1630. The van der Waals surface area contributed by atoms with Gasteiger partial charge in [0.15, 0.2) is 16.2 Å². The van der Waals surface area contributed by atoms with E-state index >= 15 is 4.39 Å². The molecule has 1 atom stereocenters. The molecule has 43 heavy (non-hydrogen) atoms. The Kier molecular flexibility index (Phi) is 7.28. The zero-order valence-corrected chi connectivity index (χ0v) is 24.8. The van der Waals surface area contributed by atoms with E-state index in [4.69, 9.17) is 15.0 Å². The van der Waals surface area contributed by atoms with Gasteiger partial charge in [-0.2, -0.15) is 4.98 Å². The highest BCUT2D eigenvalue weighted by Gasteiger charge is 2.52. The smallest absolute Gasteiger partial charge is 0.254 e. The molecule has 1 aromatic heterocycles. The predicted molar refractivity (Wildman–Crippen MR) is 154 cm³/mol. The number of nitrogens with one attached hydrogen (secondary N) is 1. The van der Waals surface area contributed by atoms with Crippen LogP contribution in [-0.2, 0) is 26.6 Å². The average Bonchev–Trinajstić information content (AvgIpc) is 3.51. The lowest BCUT2D eigenvalue weighted by molar-refractivity contribution is -0.119. The van der Waals surface area contributed by atoms with E-state index in [1.807, 2.05) is 13.8 Å². The van der Waals surface area contributed by atoms with Crippen LogP contribution in [0.2, 0.25) is 0 Å². The SMILES string of the molecule is CC(C)Oc1ccc(CN2C(=O)[C@@H](N)CS(=O)(=O)c3cc(F)c(C(=O)NC45CCC(c6ncno6)(CC4)CC5)cc32)cc1. The van der Waals surface area contributed by atoms with Crippen molar-refractivity contribution in [3.63, 3.8) is 0 Å². The number of fused-ring (bicyclic) bond motifs is 4. The lowest BCUT2D eigenvalue weighted by atomic mass is 9.57. The normalized spacial score (nSPS) is 26.2. The Labute approximate surface area is 248 Å². The van der Waals surface area contributed by atoms with Crippen LogP contribution in [0.25, 0.3) is 0 Å². The van der Waals surface area contributed by atoms with Gasteiger partial charge in [-0.1, -0.05) is 17.3 Å². The van der Waals surface area contributed by atoms with Crippen molar-refractivity contribution in [3.05, 3.63) is 65.6 Å². The molecule has 1 aliphatic heterocycles. The van der Waals surface area contributed by atoms with Crippen molar-refractivity contribution in [2.45, 2.75) is 86.9 Å². The Morgan fingerprint density at radius 3 is 2.44 bits per heavy atom. The van der Waals surface area contributed by atoms with E-state index in [9.17, 15) is 18.0 Å². The molecule has 3 N–H and O–H groups in total. The molecule has 4 aliphatic rings. The summed E-state index contributed by atoms with van der Waals surface area (Å²) in [6.07, 6.45) is 5.53. The number of hydrogen-bond acceptors (Lipinski definition) is 9. The molecule has 3 saturated carbocycles. The van der Waals surface area contributed by atoms with Crippen molar-refractivity contribution in [2.24, 2.45) is 5.73 Å². The summed E-state index contributed by atoms with van der Waals surface area (Å²) in [5, 5.41) is 6.80. The van der Waals surface area contributed by atoms with Gasteiger partial charge >= 0.3 is 0 Å². The molecule has 11 nitrogen and oxygen atoms in total. The topological polar surface area (TPSA) is 158 Å². The van der Waals surface area contributed by atoms with Crippen molar-refractivity contribution in [2.75, 3.05) is 10.7 Å². The number of benzene rings is 2. The van der Waals surface area contributed by atoms with Gasteiger partial charge < -0.3 is 25.2 Å². The van der Waals surface area contributed by atoms with E-state index in [0.717, 1.165) is 31.4 Å². The van der Waals surface area contributed by atoms with Gasteiger partial charge in [0, 0.05) is 11.0 Å². The molecule has 0 saturated heterocycles. The van der Waals surface area contributed by atoms with Crippen LogP contribution < -0.4 is 20.7 Å². The van der Waals surface area contributed by atoms with E-state index in [0.29, 0.717) is 36.5 Å². The summed E-state index contributed by atoms with van der Waals surface area (Å²) < 4.78 is 53.0. The second kappa shape index (κ2) is 10.7. The number of rotatable bonds is 7. The van der Waals surface area contributed by atoms with Crippen LogP contribution in [0.1, 0.15) is 74.2 Å². The van der Waals surface area contributed by atoms with Crippen LogP contribution >= 0.6 is 0 Å².